The molecule has 0 bridgehead atoms. The van der Waals surface area contributed by atoms with Crippen LogP contribution in [0.5, 0.6) is 0 Å². The first-order chi connectivity index (χ1) is 9.68. The van der Waals surface area contributed by atoms with Gasteiger partial charge in [0, 0.05) is 10.0 Å². The lowest BCUT2D eigenvalue weighted by atomic mass is 10.2. The predicted octanol–water partition coefficient (Wildman–Crippen LogP) is 1.79. The Labute approximate surface area is 129 Å². The minimum absolute atomic E-state index is 0.0341. The standard InChI is InChI=1S/C10H8Cl2N4O4S/c11-7-2-1-6(8(12)3-7)4-15-5-9(21(13,19)20)10(14-15)16(17)18/h1-3,5H,4H2,(H2,13,19,20). The van der Waals surface area contributed by atoms with Gasteiger partial charge in [0.2, 0.25) is 14.9 Å². The molecule has 0 atom stereocenters. The van der Waals surface area contributed by atoms with Crippen molar-refractivity contribution in [2.24, 2.45) is 5.14 Å². The van der Waals surface area contributed by atoms with Crippen LogP contribution in [-0.4, -0.2) is 23.1 Å². The molecule has 0 aliphatic rings. The maximum absolute atomic E-state index is 11.3. The third-order valence-corrected chi connectivity index (χ3v) is 4.02. The van der Waals surface area contributed by atoms with Crippen LogP contribution in [0.15, 0.2) is 29.3 Å². The first kappa shape index (κ1) is 15.7. The Bertz CT molecular complexity index is 818. The van der Waals surface area contributed by atoms with Crippen molar-refractivity contribution in [1.82, 2.24) is 9.78 Å². The van der Waals surface area contributed by atoms with Crippen molar-refractivity contribution in [3.63, 3.8) is 0 Å². The van der Waals surface area contributed by atoms with Crippen molar-refractivity contribution in [2.75, 3.05) is 0 Å². The van der Waals surface area contributed by atoms with Crippen molar-refractivity contribution in [2.45, 2.75) is 11.4 Å². The van der Waals surface area contributed by atoms with Crippen molar-refractivity contribution >= 4 is 39.0 Å². The lowest BCUT2D eigenvalue weighted by Gasteiger charge is -2.02. The van der Waals surface area contributed by atoms with Crippen LogP contribution in [0.4, 0.5) is 5.82 Å². The molecule has 0 radical (unpaired) electrons. The third-order valence-electron chi connectivity index (χ3n) is 2.54. The predicted molar refractivity (Wildman–Crippen MR) is 75.8 cm³/mol. The van der Waals surface area contributed by atoms with Gasteiger partial charge in [-0.3, -0.25) is 0 Å². The van der Waals surface area contributed by atoms with Gasteiger partial charge >= 0.3 is 5.82 Å². The number of primary sulfonamides is 1. The number of nitrogens with zero attached hydrogens (tertiary/aromatic N) is 3. The summed E-state index contributed by atoms with van der Waals surface area (Å²) in [6.45, 7) is 0.0341. The minimum atomic E-state index is -4.25. The molecule has 2 N–H and O–H groups in total. The summed E-state index contributed by atoms with van der Waals surface area (Å²) in [5.41, 5.74) is 0.569. The van der Waals surface area contributed by atoms with E-state index in [0.717, 1.165) is 10.9 Å². The number of benzene rings is 1. The van der Waals surface area contributed by atoms with Gasteiger partial charge in [-0.25, -0.2) is 13.6 Å². The fraction of sp³-hybridized carbons (Fsp3) is 0.100. The summed E-state index contributed by atoms with van der Waals surface area (Å²) >= 11 is 11.7. The third kappa shape index (κ3) is 3.50. The fourth-order valence-electron chi connectivity index (χ4n) is 1.63. The van der Waals surface area contributed by atoms with E-state index in [4.69, 9.17) is 28.3 Å². The average molecular weight is 351 g/mol. The van der Waals surface area contributed by atoms with Gasteiger partial charge in [0.15, 0.2) is 0 Å². The first-order valence-corrected chi connectivity index (χ1v) is 7.67. The molecule has 2 aromatic rings. The van der Waals surface area contributed by atoms with Crippen LogP contribution >= 0.6 is 23.2 Å². The van der Waals surface area contributed by atoms with Crippen LogP contribution in [0.2, 0.25) is 10.0 Å². The molecular weight excluding hydrogens is 343 g/mol. The first-order valence-electron chi connectivity index (χ1n) is 5.37. The van der Waals surface area contributed by atoms with E-state index in [0.29, 0.717) is 15.6 Å². The molecule has 0 saturated carbocycles. The second-order valence-corrected chi connectivity index (χ2v) is 6.43. The van der Waals surface area contributed by atoms with Crippen molar-refractivity contribution in [3.05, 3.63) is 50.1 Å². The maximum Gasteiger partial charge on any atom is 0.410 e. The second kappa shape index (κ2) is 5.60. The van der Waals surface area contributed by atoms with Crippen LogP contribution in [0.25, 0.3) is 0 Å². The average Bonchev–Trinajstić information content (AvgIpc) is 2.77. The molecule has 1 aromatic carbocycles. The lowest BCUT2D eigenvalue weighted by Crippen LogP contribution is -2.13. The molecule has 0 amide bonds. The highest BCUT2D eigenvalue weighted by Gasteiger charge is 2.28. The number of sulfonamides is 1. The summed E-state index contributed by atoms with van der Waals surface area (Å²) in [6, 6.07) is 4.69. The van der Waals surface area contributed by atoms with E-state index < -0.39 is 25.7 Å². The number of halogens is 2. The van der Waals surface area contributed by atoms with E-state index in [1.165, 1.54) is 6.07 Å². The number of hydrogen-bond acceptors (Lipinski definition) is 5. The summed E-state index contributed by atoms with van der Waals surface area (Å²) in [6.07, 6.45) is 0.985. The zero-order valence-electron chi connectivity index (χ0n) is 10.2. The summed E-state index contributed by atoms with van der Waals surface area (Å²) in [4.78, 5) is 9.24. The molecule has 8 nitrogen and oxygen atoms in total. The molecule has 2 rings (SSSR count). The Morgan fingerprint density at radius 2 is 2.05 bits per heavy atom. The normalized spacial score (nSPS) is 11.6. The number of aromatic nitrogens is 2. The molecule has 1 heterocycles. The molecule has 112 valence electrons. The largest absolute Gasteiger partial charge is 0.410 e. The van der Waals surface area contributed by atoms with Gasteiger partial charge in [-0.2, -0.15) is 4.68 Å². The van der Waals surface area contributed by atoms with Crippen LogP contribution in [-0.2, 0) is 16.6 Å². The highest BCUT2D eigenvalue weighted by Crippen LogP contribution is 2.24. The maximum atomic E-state index is 11.3. The van der Waals surface area contributed by atoms with E-state index in [2.05, 4.69) is 5.10 Å². The van der Waals surface area contributed by atoms with Gasteiger partial charge in [0.05, 0.1) is 17.8 Å². The van der Waals surface area contributed by atoms with E-state index >= 15 is 0 Å². The lowest BCUT2D eigenvalue weighted by molar-refractivity contribution is -0.392. The molecule has 0 aliphatic heterocycles. The molecule has 0 aliphatic carbocycles. The van der Waals surface area contributed by atoms with Crippen molar-refractivity contribution in [3.8, 4) is 0 Å². The van der Waals surface area contributed by atoms with Crippen LogP contribution in [0.1, 0.15) is 5.56 Å². The molecule has 1 aromatic heterocycles. The Morgan fingerprint density at radius 3 is 2.52 bits per heavy atom. The van der Waals surface area contributed by atoms with E-state index in [9.17, 15) is 18.5 Å². The Hall–Kier alpha value is -1.68. The molecule has 0 spiro atoms. The highest BCUT2D eigenvalue weighted by atomic mass is 35.5. The van der Waals surface area contributed by atoms with E-state index in [1.807, 2.05) is 0 Å². The topological polar surface area (TPSA) is 121 Å². The molecule has 11 heteroatoms. The summed E-state index contributed by atoms with van der Waals surface area (Å²) in [7, 11) is -4.25. The zero-order valence-corrected chi connectivity index (χ0v) is 12.6. The Kier molecular flexibility index (Phi) is 4.19. The SMILES string of the molecule is NS(=O)(=O)c1cn(Cc2ccc(Cl)cc2Cl)nc1[N+](=O)[O-]. The number of hydrogen-bond donors (Lipinski definition) is 1. The number of rotatable bonds is 4. The molecule has 0 fully saturated rings. The van der Waals surface area contributed by atoms with Gasteiger partial charge in [0.1, 0.15) is 0 Å². The van der Waals surface area contributed by atoms with Gasteiger partial charge in [-0.15, -0.1) is 0 Å². The zero-order chi connectivity index (χ0) is 15.8. The van der Waals surface area contributed by atoms with E-state index in [-0.39, 0.29) is 6.54 Å². The molecule has 0 saturated heterocycles. The monoisotopic (exact) mass is 350 g/mol. The summed E-state index contributed by atoms with van der Waals surface area (Å²) in [5.74, 6) is -0.831. The van der Waals surface area contributed by atoms with Gasteiger partial charge in [-0.05, 0) is 22.6 Å². The van der Waals surface area contributed by atoms with Gasteiger partial charge in [-0.1, -0.05) is 29.3 Å². The summed E-state index contributed by atoms with van der Waals surface area (Å²) in [5, 5.41) is 20.1. The molecular formula is C10H8Cl2N4O4S. The molecule has 0 unspecified atom stereocenters. The highest BCUT2D eigenvalue weighted by molar-refractivity contribution is 7.89. The van der Waals surface area contributed by atoms with Crippen LogP contribution in [0, 0.1) is 10.1 Å². The summed E-state index contributed by atoms with van der Waals surface area (Å²) < 4.78 is 23.7. The fourth-order valence-corrected chi connectivity index (χ4v) is 2.73. The van der Waals surface area contributed by atoms with Crippen molar-refractivity contribution in [1.29, 1.82) is 0 Å². The quantitative estimate of drug-likeness (QED) is 0.665. The van der Waals surface area contributed by atoms with Crippen LogP contribution in [0.3, 0.4) is 0 Å². The Balaban J connectivity index is 2.44. The second-order valence-electron chi connectivity index (χ2n) is 4.05. The number of nitro groups is 1. The Morgan fingerprint density at radius 1 is 1.38 bits per heavy atom. The number of nitrogens with two attached hydrogens (primary N) is 1. The van der Waals surface area contributed by atoms with Crippen molar-refractivity contribution < 1.29 is 13.3 Å². The van der Waals surface area contributed by atoms with Gasteiger partial charge in [0.25, 0.3) is 0 Å². The smallest absolute Gasteiger partial charge is 0.358 e. The van der Waals surface area contributed by atoms with E-state index in [1.54, 1.807) is 12.1 Å². The molecule has 21 heavy (non-hydrogen) atoms. The minimum Gasteiger partial charge on any atom is -0.358 e. The van der Waals surface area contributed by atoms with Crippen LogP contribution < -0.4 is 5.14 Å². The van der Waals surface area contributed by atoms with Gasteiger partial charge < -0.3 is 10.1 Å².